The minimum Gasteiger partial charge on any atom is -0.492 e. The predicted octanol–water partition coefficient (Wildman–Crippen LogP) is 5.44. The van der Waals surface area contributed by atoms with E-state index in [-0.39, 0.29) is 5.41 Å². The molecule has 19 heavy (non-hydrogen) atoms. The molecule has 0 unspecified atom stereocenters. The van der Waals surface area contributed by atoms with Crippen LogP contribution in [-0.2, 0) is 5.88 Å². The SMILES string of the molecule is CC(C)(C#N)CCCOc1c(Cl)cc(Cl)cc1CCl. The average molecular weight is 321 g/mol. The van der Waals surface area contributed by atoms with E-state index in [0.717, 1.165) is 18.4 Å². The molecule has 0 heterocycles. The molecule has 1 aromatic rings. The van der Waals surface area contributed by atoms with Crippen molar-refractivity contribution in [2.45, 2.75) is 32.6 Å². The Labute approximate surface area is 129 Å². The molecule has 5 heteroatoms. The number of halogens is 3. The third-order valence-electron chi connectivity index (χ3n) is 2.72. The van der Waals surface area contributed by atoms with Crippen LogP contribution < -0.4 is 4.74 Å². The van der Waals surface area contributed by atoms with Gasteiger partial charge in [-0.3, -0.25) is 0 Å². The van der Waals surface area contributed by atoms with Crippen molar-refractivity contribution in [2.24, 2.45) is 5.41 Å². The Morgan fingerprint density at radius 3 is 2.58 bits per heavy atom. The van der Waals surface area contributed by atoms with Crippen LogP contribution in [0.25, 0.3) is 0 Å². The Balaban J connectivity index is 2.62. The molecule has 2 nitrogen and oxygen atoms in total. The zero-order valence-electron chi connectivity index (χ0n) is 11.0. The fraction of sp³-hybridized carbons (Fsp3) is 0.500. The molecule has 0 saturated carbocycles. The van der Waals surface area contributed by atoms with Gasteiger partial charge in [-0.05, 0) is 38.8 Å². The maximum absolute atomic E-state index is 8.92. The van der Waals surface area contributed by atoms with Gasteiger partial charge in [-0.2, -0.15) is 5.26 Å². The van der Waals surface area contributed by atoms with E-state index in [0.29, 0.717) is 28.3 Å². The van der Waals surface area contributed by atoms with Crippen LogP contribution in [-0.4, -0.2) is 6.61 Å². The van der Waals surface area contributed by atoms with E-state index in [9.17, 15) is 0 Å². The van der Waals surface area contributed by atoms with Crippen LogP contribution in [0, 0.1) is 16.7 Å². The van der Waals surface area contributed by atoms with Crippen LogP contribution in [0.3, 0.4) is 0 Å². The lowest BCUT2D eigenvalue weighted by molar-refractivity contribution is 0.282. The second-order valence-electron chi connectivity index (χ2n) is 4.96. The first-order chi connectivity index (χ1) is 8.89. The van der Waals surface area contributed by atoms with Crippen LogP contribution in [0.2, 0.25) is 10.0 Å². The molecule has 0 radical (unpaired) electrons. The first kappa shape index (κ1) is 16.4. The Morgan fingerprint density at radius 1 is 1.32 bits per heavy atom. The molecule has 0 spiro atoms. The lowest BCUT2D eigenvalue weighted by Gasteiger charge is -2.16. The molecule has 1 aromatic carbocycles. The van der Waals surface area contributed by atoms with E-state index in [1.807, 2.05) is 13.8 Å². The van der Waals surface area contributed by atoms with Gasteiger partial charge >= 0.3 is 0 Å². The molecule has 104 valence electrons. The fourth-order valence-electron chi connectivity index (χ4n) is 1.62. The highest BCUT2D eigenvalue weighted by atomic mass is 35.5. The summed E-state index contributed by atoms with van der Waals surface area (Å²) in [5.41, 5.74) is 0.446. The normalized spacial score (nSPS) is 11.2. The van der Waals surface area contributed by atoms with Gasteiger partial charge in [0.15, 0.2) is 0 Å². The van der Waals surface area contributed by atoms with Crippen molar-refractivity contribution in [3.8, 4) is 11.8 Å². The molecule has 0 aromatic heterocycles. The Bertz CT molecular complexity index is 480. The molecule has 0 fully saturated rings. The monoisotopic (exact) mass is 319 g/mol. The average Bonchev–Trinajstić information content (AvgIpc) is 2.35. The Morgan fingerprint density at radius 2 is 2.00 bits per heavy atom. The summed E-state index contributed by atoms with van der Waals surface area (Å²) in [6.07, 6.45) is 1.55. The van der Waals surface area contributed by atoms with Gasteiger partial charge in [0.1, 0.15) is 5.75 Å². The molecule has 0 aliphatic rings. The van der Waals surface area contributed by atoms with E-state index >= 15 is 0 Å². The molecule has 0 bridgehead atoms. The summed E-state index contributed by atoms with van der Waals surface area (Å²) >= 11 is 17.8. The quantitative estimate of drug-likeness (QED) is 0.516. The van der Waals surface area contributed by atoms with Crippen LogP contribution in [0.15, 0.2) is 12.1 Å². The number of hydrogen-bond acceptors (Lipinski definition) is 2. The molecule has 0 atom stereocenters. The van der Waals surface area contributed by atoms with Crippen LogP contribution >= 0.6 is 34.8 Å². The standard InChI is InChI=1S/C14H16Cl3NO/c1-14(2,9-18)4-3-5-19-13-10(8-15)6-11(16)7-12(13)17/h6-7H,3-5,8H2,1-2H3. The van der Waals surface area contributed by atoms with E-state index in [4.69, 9.17) is 44.8 Å². The summed E-state index contributed by atoms with van der Waals surface area (Å²) in [5.74, 6) is 0.870. The van der Waals surface area contributed by atoms with Crippen LogP contribution in [0.4, 0.5) is 0 Å². The maximum Gasteiger partial charge on any atom is 0.142 e. The van der Waals surface area contributed by atoms with Gasteiger partial charge in [0.05, 0.1) is 29.0 Å². The van der Waals surface area contributed by atoms with Crippen molar-refractivity contribution in [3.05, 3.63) is 27.7 Å². The number of ether oxygens (including phenoxy) is 1. The number of alkyl halides is 1. The summed E-state index contributed by atoms with van der Waals surface area (Å²) in [5, 5.41) is 9.92. The van der Waals surface area contributed by atoms with Crippen molar-refractivity contribution in [2.75, 3.05) is 6.61 Å². The van der Waals surface area contributed by atoms with Gasteiger partial charge in [-0.15, -0.1) is 11.6 Å². The van der Waals surface area contributed by atoms with Crippen molar-refractivity contribution in [3.63, 3.8) is 0 Å². The zero-order valence-corrected chi connectivity index (χ0v) is 13.2. The van der Waals surface area contributed by atoms with Gasteiger partial charge < -0.3 is 4.74 Å². The molecular weight excluding hydrogens is 305 g/mol. The Hall–Kier alpha value is -0.620. The third kappa shape index (κ3) is 5.10. The highest BCUT2D eigenvalue weighted by Crippen LogP contribution is 2.33. The number of hydrogen-bond donors (Lipinski definition) is 0. The van der Waals surface area contributed by atoms with Gasteiger partial charge in [-0.25, -0.2) is 0 Å². The van der Waals surface area contributed by atoms with Crippen molar-refractivity contribution >= 4 is 34.8 Å². The van der Waals surface area contributed by atoms with E-state index in [1.54, 1.807) is 12.1 Å². The Kier molecular flexibility index (Phi) is 6.26. The fourth-order valence-corrected chi connectivity index (χ4v) is 2.41. The van der Waals surface area contributed by atoms with Crippen LogP contribution in [0.1, 0.15) is 32.3 Å². The first-order valence-electron chi connectivity index (χ1n) is 5.97. The minimum absolute atomic E-state index is 0.291. The largest absolute Gasteiger partial charge is 0.492 e. The van der Waals surface area contributed by atoms with E-state index in [2.05, 4.69) is 6.07 Å². The van der Waals surface area contributed by atoms with Crippen molar-refractivity contribution in [1.82, 2.24) is 0 Å². The van der Waals surface area contributed by atoms with Gasteiger partial charge in [0.2, 0.25) is 0 Å². The molecule has 0 aliphatic carbocycles. The molecule has 0 saturated heterocycles. The topological polar surface area (TPSA) is 33.0 Å². The predicted molar refractivity (Wildman–Crippen MR) is 80.1 cm³/mol. The first-order valence-corrected chi connectivity index (χ1v) is 7.26. The minimum atomic E-state index is -0.331. The van der Waals surface area contributed by atoms with E-state index in [1.165, 1.54) is 0 Å². The molecule has 0 aliphatic heterocycles. The summed E-state index contributed by atoms with van der Waals surface area (Å²) in [4.78, 5) is 0. The van der Waals surface area contributed by atoms with Gasteiger partial charge in [0.25, 0.3) is 0 Å². The molecular formula is C14H16Cl3NO. The summed E-state index contributed by atoms with van der Waals surface area (Å²) in [7, 11) is 0. The smallest absolute Gasteiger partial charge is 0.142 e. The number of nitriles is 1. The lowest BCUT2D eigenvalue weighted by Crippen LogP contribution is -2.10. The summed E-state index contributed by atoms with van der Waals surface area (Å²) in [6, 6.07) is 5.64. The van der Waals surface area contributed by atoms with Crippen molar-refractivity contribution in [1.29, 1.82) is 5.26 Å². The number of nitrogens with zero attached hydrogens (tertiary/aromatic N) is 1. The second kappa shape index (κ2) is 7.24. The molecule has 0 N–H and O–H groups in total. The number of rotatable bonds is 6. The maximum atomic E-state index is 8.92. The lowest BCUT2D eigenvalue weighted by atomic mass is 9.90. The van der Waals surface area contributed by atoms with Gasteiger partial charge in [-0.1, -0.05) is 23.2 Å². The highest BCUT2D eigenvalue weighted by molar-refractivity contribution is 6.35. The highest BCUT2D eigenvalue weighted by Gasteiger charge is 2.16. The van der Waals surface area contributed by atoms with Crippen molar-refractivity contribution < 1.29 is 4.74 Å². The van der Waals surface area contributed by atoms with Crippen LogP contribution in [0.5, 0.6) is 5.75 Å². The molecule has 0 amide bonds. The third-order valence-corrected chi connectivity index (χ3v) is 3.51. The van der Waals surface area contributed by atoms with E-state index < -0.39 is 0 Å². The zero-order chi connectivity index (χ0) is 14.5. The summed E-state index contributed by atoms with van der Waals surface area (Å²) < 4.78 is 5.67. The second-order valence-corrected chi connectivity index (χ2v) is 6.07. The van der Waals surface area contributed by atoms with Gasteiger partial charge in [0, 0.05) is 10.6 Å². The number of benzene rings is 1. The molecule has 1 rings (SSSR count). The summed E-state index contributed by atoms with van der Waals surface area (Å²) in [6.45, 7) is 4.31.